The van der Waals surface area contributed by atoms with Crippen LogP contribution >= 0.6 is 23.2 Å². The van der Waals surface area contributed by atoms with E-state index in [4.69, 9.17) is 32.7 Å². The van der Waals surface area contributed by atoms with Gasteiger partial charge in [-0.1, -0.05) is 29.3 Å². The second-order valence-corrected chi connectivity index (χ2v) is 8.33. The molecule has 1 saturated heterocycles. The van der Waals surface area contributed by atoms with Crippen LogP contribution in [0.5, 0.6) is 5.88 Å². The fraction of sp³-hybridized carbons (Fsp3) is 0.429. The number of nitrogens with zero attached hydrogens (tertiary/aromatic N) is 1. The van der Waals surface area contributed by atoms with Crippen molar-refractivity contribution in [3.8, 4) is 5.88 Å². The third-order valence-electron chi connectivity index (χ3n) is 5.41. The van der Waals surface area contributed by atoms with E-state index < -0.39 is 0 Å². The van der Waals surface area contributed by atoms with Crippen LogP contribution in [-0.4, -0.2) is 35.7 Å². The van der Waals surface area contributed by atoms with Crippen molar-refractivity contribution in [2.75, 3.05) is 13.2 Å². The number of pyridine rings is 1. The molecule has 0 spiro atoms. The summed E-state index contributed by atoms with van der Waals surface area (Å²) < 4.78 is 11.1. The number of ether oxygens (including phenoxy) is 2. The summed E-state index contributed by atoms with van der Waals surface area (Å²) in [5.74, 6) is 0.325. The molecule has 1 aromatic carbocycles. The normalized spacial score (nSPS) is 20.4. The lowest BCUT2D eigenvalue weighted by atomic mass is 9.72. The minimum absolute atomic E-state index is 0.00386. The van der Waals surface area contributed by atoms with Gasteiger partial charge in [-0.2, -0.15) is 0 Å². The van der Waals surface area contributed by atoms with Crippen molar-refractivity contribution in [1.29, 1.82) is 0 Å². The Bertz CT molecular complexity index is 864. The fourth-order valence-electron chi connectivity index (χ4n) is 3.68. The molecule has 2 aromatic rings. The van der Waals surface area contributed by atoms with E-state index in [-0.39, 0.29) is 17.6 Å². The van der Waals surface area contributed by atoms with Crippen molar-refractivity contribution in [2.45, 2.75) is 43.7 Å². The minimum atomic E-state index is -0.280. The zero-order chi connectivity index (χ0) is 19.6. The van der Waals surface area contributed by atoms with Gasteiger partial charge >= 0.3 is 0 Å². The molecule has 5 nitrogen and oxygen atoms in total. The Balaban J connectivity index is 1.45. The Morgan fingerprint density at radius 3 is 2.82 bits per heavy atom. The smallest absolute Gasteiger partial charge is 0.251 e. The lowest BCUT2D eigenvalue weighted by Crippen LogP contribution is -2.55. The SMILES string of the molecule is O=C(NC1(Cc2ccc(Cl)cc2Cl)CCC1)c1ccnc(OC2CCOC2)c1. The summed E-state index contributed by atoms with van der Waals surface area (Å²) in [6, 6.07) is 8.89. The Morgan fingerprint density at radius 2 is 2.14 bits per heavy atom. The van der Waals surface area contributed by atoms with E-state index in [1.165, 1.54) is 0 Å². The quantitative estimate of drug-likeness (QED) is 0.749. The lowest BCUT2D eigenvalue weighted by molar-refractivity contribution is 0.0825. The van der Waals surface area contributed by atoms with E-state index in [9.17, 15) is 4.79 Å². The number of nitrogens with one attached hydrogen (secondary N) is 1. The number of halogens is 2. The molecule has 1 atom stereocenters. The van der Waals surface area contributed by atoms with Crippen LogP contribution in [0.4, 0.5) is 0 Å². The number of carbonyl (C=O) groups is 1. The molecule has 1 N–H and O–H groups in total. The van der Waals surface area contributed by atoms with E-state index in [1.54, 1.807) is 24.4 Å². The second kappa shape index (κ2) is 8.27. The number of hydrogen-bond donors (Lipinski definition) is 1. The second-order valence-electron chi connectivity index (χ2n) is 7.49. The van der Waals surface area contributed by atoms with Gasteiger partial charge in [0.2, 0.25) is 5.88 Å². The van der Waals surface area contributed by atoms with Gasteiger partial charge in [-0.15, -0.1) is 0 Å². The topological polar surface area (TPSA) is 60.5 Å². The molecule has 1 saturated carbocycles. The van der Waals surface area contributed by atoms with Gasteiger partial charge in [-0.25, -0.2) is 4.98 Å². The van der Waals surface area contributed by atoms with Crippen molar-refractivity contribution < 1.29 is 14.3 Å². The van der Waals surface area contributed by atoms with Crippen LogP contribution in [0.2, 0.25) is 10.0 Å². The monoisotopic (exact) mass is 420 g/mol. The highest BCUT2D eigenvalue weighted by Gasteiger charge is 2.39. The lowest BCUT2D eigenvalue weighted by Gasteiger charge is -2.43. The summed E-state index contributed by atoms with van der Waals surface area (Å²) in [6.45, 7) is 1.25. The molecule has 0 bridgehead atoms. The average molecular weight is 421 g/mol. The van der Waals surface area contributed by atoms with Gasteiger partial charge in [-0.05, 0) is 49.4 Å². The first-order valence-corrected chi connectivity index (χ1v) is 10.3. The molecular weight excluding hydrogens is 399 g/mol. The molecule has 28 heavy (non-hydrogen) atoms. The van der Waals surface area contributed by atoms with Gasteiger partial charge in [-0.3, -0.25) is 4.79 Å². The number of carbonyl (C=O) groups excluding carboxylic acids is 1. The number of aromatic nitrogens is 1. The zero-order valence-electron chi connectivity index (χ0n) is 15.4. The van der Waals surface area contributed by atoms with Crippen LogP contribution in [0.3, 0.4) is 0 Å². The first-order chi connectivity index (χ1) is 13.5. The van der Waals surface area contributed by atoms with E-state index >= 15 is 0 Å². The predicted octanol–water partition coefficient (Wildman–Crippen LogP) is 4.45. The fourth-order valence-corrected chi connectivity index (χ4v) is 4.16. The molecule has 2 aliphatic rings. The Morgan fingerprint density at radius 1 is 1.29 bits per heavy atom. The summed E-state index contributed by atoms with van der Waals surface area (Å²) in [6.07, 6.45) is 6.04. The largest absolute Gasteiger partial charge is 0.472 e. The first kappa shape index (κ1) is 19.5. The van der Waals surface area contributed by atoms with Gasteiger partial charge < -0.3 is 14.8 Å². The van der Waals surface area contributed by atoms with Gasteiger partial charge in [0.15, 0.2) is 0 Å². The van der Waals surface area contributed by atoms with Crippen LogP contribution in [0.15, 0.2) is 36.5 Å². The molecular formula is C21H22Cl2N2O3. The van der Waals surface area contributed by atoms with Crippen molar-refractivity contribution in [1.82, 2.24) is 10.3 Å². The molecule has 1 aliphatic heterocycles. The van der Waals surface area contributed by atoms with Gasteiger partial charge in [0.1, 0.15) is 6.10 Å². The van der Waals surface area contributed by atoms with Crippen LogP contribution in [0.1, 0.15) is 41.6 Å². The Kier molecular flexibility index (Phi) is 5.76. The number of hydrogen-bond acceptors (Lipinski definition) is 4. The highest BCUT2D eigenvalue weighted by molar-refractivity contribution is 6.35. The zero-order valence-corrected chi connectivity index (χ0v) is 16.9. The summed E-state index contributed by atoms with van der Waals surface area (Å²) in [7, 11) is 0. The molecule has 148 valence electrons. The van der Waals surface area contributed by atoms with Gasteiger partial charge in [0.25, 0.3) is 5.91 Å². The maximum Gasteiger partial charge on any atom is 0.251 e. The maximum absolute atomic E-state index is 12.9. The van der Waals surface area contributed by atoms with E-state index in [2.05, 4.69) is 10.3 Å². The van der Waals surface area contributed by atoms with Crippen molar-refractivity contribution >= 4 is 29.1 Å². The van der Waals surface area contributed by atoms with Crippen molar-refractivity contribution in [3.63, 3.8) is 0 Å². The number of benzene rings is 1. The van der Waals surface area contributed by atoms with E-state index in [0.717, 1.165) is 31.2 Å². The predicted molar refractivity (Wildman–Crippen MR) is 108 cm³/mol. The van der Waals surface area contributed by atoms with Crippen molar-refractivity contribution in [3.05, 3.63) is 57.7 Å². The van der Waals surface area contributed by atoms with Gasteiger partial charge in [0, 0.05) is 39.8 Å². The molecule has 1 unspecified atom stereocenters. The van der Waals surface area contributed by atoms with Crippen molar-refractivity contribution in [2.24, 2.45) is 0 Å². The molecule has 0 radical (unpaired) electrons. The highest BCUT2D eigenvalue weighted by Crippen LogP contribution is 2.37. The highest BCUT2D eigenvalue weighted by atomic mass is 35.5. The minimum Gasteiger partial charge on any atom is -0.472 e. The van der Waals surface area contributed by atoms with Crippen LogP contribution < -0.4 is 10.1 Å². The third kappa shape index (κ3) is 4.43. The molecule has 2 fully saturated rings. The Hall–Kier alpha value is -1.82. The number of rotatable bonds is 6. The third-order valence-corrected chi connectivity index (χ3v) is 5.99. The number of amides is 1. The molecule has 1 aliphatic carbocycles. The summed E-state index contributed by atoms with van der Waals surface area (Å²) >= 11 is 12.3. The van der Waals surface area contributed by atoms with Gasteiger partial charge in [0.05, 0.1) is 13.2 Å². The standard InChI is InChI=1S/C21H22Cl2N2O3/c22-16-3-2-15(18(23)11-16)12-21(6-1-7-21)25-20(26)14-4-8-24-19(10-14)28-17-5-9-27-13-17/h2-4,8,10-11,17H,1,5-7,9,12-13H2,(H,25,26). The molecule has 7 heteroatoms. The van der Waals surface area contributed by atoms with E-state index in [0.29, 0.717) is 41.1 Å². The molecule has 2 heterocycles. The first-order valence-electron chi connectivity index (χ1n) is 9.50. The molecule has 1 amide bonds. The maximum atomic E-state index is 12.9. The van der Waals surface area contributed by atoms with Crippen LogP contribution in [-0.2, 0) is 11.2 Å². The summed E-state index contributed by atoms with van der Waals surface area (Å²) in [5.41, 5.74) is 1.25. The van der Waals surface area contributed by atoms with E-state index in [1.807, 2.05) is 12.1 Å². The molecule has 1 aromatic heterocycles. The van der Waals surface area contributed by atoms with Crippen LogP contribution in [0.25, 0.3) is 0 Å². The Labute approximate surface area is 174 Å². The summed E-state index contributed by atoms with van der Waals surface area (Å²) in [5, 5.41) is 4.46. The average Bonchev–Trinajstić information content (AvgIpc) is 3.15. The molecule has 4 rings (SSSR count). The van der Waals surface area contributed by atoms with Crippen LogP contribution in [0, 0.1) is 0 Å². The summed E-state index contributed by atoms with van der Waals surface area (Å²) in [4.78, 5) is 17.1.